The number of nitrogens with one attached hydrogen (secondary N) is 1. The molecular weight excluding hydrogens is 262 g/mol. The molecule has 1 aromatic rings. The van der Waals surface area contributed by atoms with Crippen molar-refractivity contribution in [3.8, 4) is 5.75 Å². The van der Waals surface area contributed by atoms with E-state index < -0.39 is 9.84 Å². The van der Waals surface area contributed by atoms with E-state index in [0.717, 1.165) is 16.9 Å². The van der Waals surface area contributed by atoms with Gasteiger partial charge in [0.2, 0.25) is 0 Å². The Balaban J connectivity index is 2.83. The molecular formula is C14H23NO3S. The van der Waals surface area contributed by atoms with Crippen LogP contribution in [0, 0.1) is 6.92 Å². The second kappa shape index (κ2) is 6.39. The van der Waals surface area contributed by atoms with Gasteiger partial charge in [-0.15, -0.1) is 0 Å². The van der Waals surface area contributed by atoms with Crippen LogP contribution in [0.1, 0.15) is 31.0 Å². The second-order valence-corrected chi connectivity index (χ2v) is 7.31. The number of sulfone groups is 1. The van der Waals surface area contributed by atoms with E-state index in [2.05, 4.69) is 11.4 Å². The molecule has 0 aromatic heterocycles. The van der Waals surface area contributed by atoms with Crippen molar-refractivity contribution in [2.45, 2.75) is 32.9 Å². The predicted octanol–water partition coefficient (Wildman–Crippen LogP) is 2.09. The Morgan fingerprint density at radius 1 is 1.32 bits per heavy atom. The standard InChI is InChI=1S/C14H23NO3S/c1-10-6-7-14(18-4)13(8-10)12(3)15-11(2)9-19(5,16)17/h6-8,11-12,15H,9H2,1-5H3. The summed E-state index contributed by atoms with van der Waals surface area (Å²) in [5.41, 5.74) is 2.20. The first-order chi connectivity index (χ1) is 8.73. The van der Waals surface area contributed by atoms with Gasteiger partial charge in [-0.1, -0.05) is 17.7 Å². The number of aryl methyl sites for hydroxylation is 1. The van der Waals surface area contributed by atoms with E-state index in [0.29, 0.717) is 0 Å². The van der Waals surface area contributed by atoms with Crippen LogP contribution in [0.3, 0.4) is 0 Å². The van der Waals surface area contributed by atoms with Gasteiger partial charge in [0.1, 0.15) is 15.6 Å². The van der Waals surface area contributed by atoms with Crippen LogP contribution < -0.4 is 10.1 Å². The molecule has 0 heterocycles. The average Bonchev–Trinajstić information content (AvgIpc) is 2.26. The zero-order valence-corrected chi connectivity index (χ0v) is 13.0. The molecule has 19 heavy (non-hydrogen) atoms. The van der Waals surface area contributed by atoms with Gasteiger partial charge < -0.3 is 10.1 Å². The maximum absolute atomic E-state index is 11.3. The summed E-state index contributed by atoms with van der Waals surface area (Å²) in [5, 5.41) is 3.30. The summed E-state index contributed by atoms with van der Waals surface area (Å²) < 4.78 is 27.9. The zero-order chi connectivity index (χ0) is 14.6. The maximum Gasteiger partial charge on any atom is 0.148 e. The van der Waals surface area contributed by atoms with E-state index >= 15 is 0 Å². The number of hydrogen-bond donors (Lipinski definition) is 1. The summed E-state index contributed by atoms with van der Waals surface area (Å²) in [6.45, 7) is 5.91. The largest absolute Gasteiger partial charge is 0.496 e. The van der Waals surface area contributed by atoms with Crippen LogP contribution in [0.2, 0.25) is 0 Å². The smallest absolute Gasteiger partial charge is 0.148 e. The topological polar surface area (TPSA) is 55.4 Å². The maximum atomic E-state index is 11.3. The third-order valence-corrected chi connectivity index (χ3v) is 4.04. The summed E-state index contributed by atoms with van der Waals surface area (Å²) in [4.78, 5) is 0. The van der Waals surface area contributed by atoms with Crippen LogP contribution in [-0.2, 0) is 9.84 Å². The molecule has 2 unspecified atom stereocenters. The molecule has 108 valence electrons. The molecule has 1 rings (SSSR count). The van der Waals surface area contributed by atoms with Crippen LogP contribution in [0.15, 0.2) is 18.2 Å². The molecule has 0 fully saturated rings. The van der Waals surface area contributed by atoms with Crippen LogP contribution in [-0.4, -0.2) is 33.6 Å². The highest BCUT2D eigenvalue weighted by atomic mass is 32.2. The average molecular weight is 285 g/mol. The van der Waals surface area contributed by atoms with Gasteiger partial charge in [-0.3, -0.25) is 0 Å². The van der Waals surface area contributed by atoms with Crippen molar-refractivity contribution in [3.05, 3.63) is 29.3 Å². The lowest BCUT2D eigenvalue weighted by Gasteiger charge is -2.22. The van der Waals surface area contributed by atoms with E-state index in [4.69, 9.17) is 4.74 Å². The lowest BCUT2D eigenvalue weighted by molar-refractivity contribution is 0.397. The molecule has 0 aliphatic heterocycles. The highest BCUT2D eigenvalue weighted by Gasteiger charge is 2.16. The predicted molar refractivity (Wildman–Crippen MR) is 78.5 cm³/mol. The Morgan fingerprint density at radius 3 is 2.47 bits per heavy atom. The monoisotopic (exact) mass is 285 g/mol. The molecule has 0 saturated heterocycles. The SMILES string of the molecule is COc1ccc(C)cc1C(C)NC(C)CS(C)(=O)=O. The third-order valence-electron chi connectivity index (χ3n) is 2.94. The van der Waals surface area contributed by atoms with Crippen molar-refractivity contribution >= 4 is 9.84 Å². The van der Waals surface area contributed by atoms with Gasteiger partial charge in [0.05, 0.1) is 12.9 Å². The van der Waals surface area contributed by atoms with E-state index in [1.165, 1.54) is 6.26 Å². The Bertz CT molecular complexity index is 525. The zero-order valence-electron chi connectivity index (χ0n) is 12.2. The summed E-state index contributed by atoms with van der Waals surface area (Å²) >= 11 is 0. The van der Waals surface area contributed by atoms with Crippen LogP contribution in [0.5, 0.6) is 5.75 Å². The second-order valence-electron chi connectivity index (χ2n) is 5.13. The Morgan fingerprint density at radius 2 is 1.95 bits per heavy atom. The summed E-state index contributed by atoms with van der Waals surface area (Å²) in [6, 6.07) is 5.92. The molecule has 1 N–H and O–H groups in total. The van der Waals surface area contributed by atoms with Gasteiger partial charge in [0.25, 0.3) is 0 Å². The number of hydrogen-bond acceptors (Lipinski definition) is 4. The van der Waals surface area contributed by atoms with Crippen molar-refractivity contribution in [1.29, 1.82) is 0 Å². The molecule has 4 nitrogen and oxygen atoms in total. The summed E-state index contributed by atoms with van der Waals surface area (Å²) in [5.74, 6) is 0.947. The van der Waals surface area contributed by atoms with Gasteiger partial charge in [-0.2, -0.15) is 0 Å². The Hall–Kier alpha value is -1.07. The highest BCUT2D eigenvalue weighted by Crippen LogP contribution is 2.26. The van der Waals surface area contributed by atoms with Crippen molar-refractivity contribution in [2.24, 2.45) is 0 Å². The molecule has 0 bridgehead atoms. The van der Waals surface area contributed by atoms with Gasteiger partial charge >= 0.3 is 0 Å². The molecule has 2 atom stereocenters. The van der Waals surface area contributed by atoms with Crippen LogP contribution >= 0.6 is 0 Å². The number of ether oxygens (including phenoxy) is 1. The molecule has 0 amide bonds. The first-order valence-corrected chi connectivity index (χ1v) is 8.37. The van der Waals surface area contributed by atoms with E-state index in [1.54, 1.807) is 7.11 Å². The van der Waals surface area contributed by atoms with Crippen LogP contribution in [0.4, 0.5) is 0 Å². The van der Waals surface area contributed by atoms with Gasteiger partial charge in [-0.25, -0.2) is 8.42 Å². The number of methoxy groups -OCH3 is 1. The number of rotatable bonds is 6. The minimum atomic E-state index is -2.97. The van der Waals surface area contributed by atoms with Gasteiger partial charge in [0, 0.05) is 23.9 Å². The molecule has 1 aromatic carbocycles. The molecule has 0 saturated carbocycles. The fourth-order valence-electron chi connectivity index (χ4n) is 2.21. The summed E-state index contributed by atoms with van der Waals surface area (Å²) in [6.07, 6.45) is 1.25. The molecule has 0 radical (unpaired) electrons. The van der Waals surface area contributed by atoms with Crippen molar-refractivity contribution in [3.63, 3.8) is 0 Å². The minimum absolute atomic E-state index is 0.0339. The van der Waals surface area contributed by atoms with Crippen molar-refractivity contribution in [1.82, 2.24) is 5.32 Å². The molecule has 0 aliphatic carbocycles. The quantitative estimate of drug-likeness (QED) is 0.869. The van der Waals surface area contributed by atoms with E-state index in [1.807, 2.05) is 32.9 Å². The van der Waals surface area contributed by atoms with Crippen molar-refractivity contribution in [2.75, 3.05) is 19.1 Å². The fraction of sp³-hybridized carbons (Fsp3) is 0.571. The van der Waals surface area contributed by atoms with Crippen molar-refractivity contribution < 1.29 is 13.2 Å². The third kappa shape index (κ3) is 5.20. The molecule has 5 heteroatoms. The van der Waals surface area contributed by atoms with Crippen LogP contribution in [0.25, 0.3) is 0 Å². The Labute approximate surface area is 116 Å². The minimum Gasteiger partial charge on any atom is -0.496 e. The summed E-state index contributed by atoms with van der Waals surface area (Å²) in [7, 11) is -1.33. The lowest BCUT2D eigenvalue weighted by Crippen LogP contribution is -2.34. The first kappa shape index (κ1) is 16.0. The normalized spacial score (nSPS) is 15.0. The fourth-order valence-corrected chi connectivity index (χ4v) is 3.22. The first-order valence-electron chi connectivity index (χ1n) is 6.31. The Kier molecular flexibility index (Phi) is 5.38. The van der Waals surface area contributed by atoms with Gasteiger partial charge in [0.15, 0.2) is 0 Å². The number of benzene rings is 1. The molecule has 0 spiro atoms. The van der Waals surface area contributed by atoms with E-state index in [9.17, 15) is 8.42 Å². The molecule has 0 aliphatic rings. The highest BCUT2D eigenvalue weighted by molar-refractivity contribution is 7.90. The van der Waals surface area contributed by atoms with E-state index in [-0.39, 0.29) is 17.8 Å². The lowest BCUT2D eigenvalue weighted by atomic mass is 10.0. The van der Waals surface area contributed by atoms with Gasteiger partial charge in [-0.05, 0) is 26.8 Å².